The number of hydrogen-bond acceptors (Lipinski definition) is 7. The van der Waals surface area contributed by atoms with E-state index in [0.717, 1.165) is 5.69 Å². The van der Waals surface area contributed by atoms with Crippen LogP contribution in [0, 0.1) is 0 Å². The maximum absolute atomic E-state index is 7.69. The third kappa shape index (κ3) is 3.63. The van der Waals surface area contributed by atoms with E-state index in [1.807, 2.05) is 35.2 Å². The van der Waals surface area contributed by atoms with E-state index >= 15 is 0 Å². The molecule has 0 amide bonds. The molecular formula is C19H22N6O. The highest BCUT2D eigenvalue weighted by atomic mass is 16.5. The maximum atomic E-state index is 7.69. The van der Waals surface area contributed by atoms with Gasteiger partial charge in [0.25, 0.3) is 0 Å². The van der Waals surface area contributed by atoms with Crippen LogP contribution in [0.25, 0.3) is 11.2 Å². The highest BCUT2D eigenvalue weighted by Crippen LogP contribution is 2.24. The van der Waals surface area contributed by atoms with Crippen molar-refractivity contribution < 1.29 is 6.11 Å². The van der Waals surface area contributed by atoms with Crippen LogP contribution < -0.4 is 10.2 Å². The fraction of sp³-hybridized carbons (Fsp3) is 0.368. The van der Waals surface area contributed by atoms with Crippen molar-refractivity contribution >= 4 is 22.8 Å². The van der Waals surface area contributed by atoms with Gasteiger partial charge in [-0.05, 0) is 26.0 Å². The minimum Gasteiger partial charge on any atom is -0.378 e. The Kier molecular flexibility index (Phi) is 4.16. The smallest absolute Gasteiger partial charge is 0.232 e. The van der Waals surface area contributed by atoms with Crippen molar-refractivity contribution in [1.82, 2.24) is 25.3 Å². The van der Waals surface area contributed by atoms with Gasteiger partial charge in [-0.2, -0.15) is 4.98 Å². The quantitative estimate of drug-likeness (QED) is 0.773. The first-order chi connectivity index (χ1) is 13.0. The Balaban J connectivity index is 1.70. The van der Waals surface area contributed by atoms with Gasteiger partial charge in [0.15, 0.2) is 5.65 Å². The second-order valence-electron chi connectivity index (χ2n) is 7.06. The standard InChI is InChI=1S/C19H22N6O/c1-19(2)13-26-12-14(24-19)11-25(15-6-4-3-5-7-15)18-22-10-16-17(23-18)21-9-8-20-16/h3-10,14,24H,11-13H2,1-2H3/i9D. The molecular weight excluding hydrogens is 328 g/mol. The monoisotopic (exact) mass is 351 g/mol. The van der Waals surface area contributed by atoms with Gasteiger partial charge in [0, 0.05) is 36.2 Å². The van der Waals surface area contributed by atoms with E-state index in [0.29, 0.717) is 36.9 Å². The highest BCUT2D eigenvalue weighted by molar-refractivity contribution is 5.70. The molecule has 7 nitrogen and oxygen atoms in total. The van der Waals surface area contributed by atoms with Crippen molar-refractivity contribution in [1.29, 1.82) is 0 Å². The van der Waals surface area contributed by atoms with Crippen LogP contribution in [0.1, 0.15) is 15.2 Å². The molecule has 7 heteroatoms. The summed E-state index contributed by atoms with van der Waals surface area (Å²) in [7, 11) is 0. The average molecular weight is 351 g/mol. The maximum Gasteiger partial charge on any atom is 0.232 e. The van der Waals surface area contributed by atoms with Gasteiger partial charge in [0.05, 0.1) is 20.8 Å². The zero-order valence-electron chi connectivity index (χ0n) is 15.9. The van der Waals surface area contributed by atoms with Crippen molar-refractivity contribution in [3.8, 4) is 0 Å². The number of morpholine rings is 1. The summed E-state index contributed by atoms with van der Waals surface area (Å²) in [5.74, 6) is 0.527. The van der Waals surface area contributed by atoms with E-state index < -0.39 is 0 Å². The van der Waals surface area contributed by atoms with E-state index in [4.69, 9.17) is 6.11 Å². The van der Waals surface area contributed by atoms with E-state index in [1.54, 1.807) is 6.20 Å². The lowest BCUT2D eigenvalue weighted by Gasteiger charge is -2.39. The molecule has 2 aromatic heterocycles. The van der Waals surface area contributed by atoms with Crippen LogP contribution in [0.4, 0.5) is 11.6 Å². The van der Waals surface area contributed by atoms with Crippen molar-refractivity contribution in [2.24, 2.45) is 0 Å². The van der Waals surface area contributed by atoms with Crippen LogP contribution >= 0.6 is 0 Å². The summed E-state index contributed by atoms with van der Waals surface area (Å²) >= 11 is 0. The average Bonchev–Trinajstić information content (AvgIpc) is 2.65. The number of aromatic nitrogens is 4. The summed E-state index contributed by atoms with van der Waals surface area (Å²) in [6.07, 6.45) is 3.13. The minimum atomic E-state index is -0.0822. The second-order valence-corrected chi connectivity index (χ2v) is 7.06. The van der Waals surface area contributed by atoms with E-state index in [-0.39, 0.29) is 17.8 Å². The molecule has 1 fully saturated rings. The van der Waals surface area contributed by atoms with Gasteiger partial charge >= 0.3 is 0 Å². The Hall–Kier alpha value is -2.64. The molecule has 26 heavy (non-hydrogen) atoms. The third-order valence-corrected chi connectivity index (χ3v) is 4.26. The number of anilines is 2. The van der Waals surface area contributed by atoms with E-state index in [2.05, 4.69) is 39.1 Å². The minimum absolute atomic E-state index is 0.0822. The molecule has 0 saturated carbocycles. The van der Waals surface area contributed by atoms with E-state index in [9.17, 15) is 0 Å². The molecule has 1 aliphatic heterocycles. The number of nitrogens with one attached hydrogen (secondary N) is 1. The fourth-order valence-electron chi connectivity index (χ4n) is 3.17. The molecule has 1 aromatic carbocycles. The Morgan fingerprint density at radius 3 is 2.92 bits per heavy atom. The molecule has 1 saturated heterocycles. The van der Waals surface area contributed by atoms with Gasteiger partial charge < -0.3 is 15.0 Å². The van der Waals surface area contributed by atoms with Gasteiger partial charge in [0.2, 0.25) is 5.95 Å². The number of nitrogens with zero attached hydrogens (tertiary/aromatic N) is 5. The van der Waals surface area contributed by atoms with Crippen molar-refractivity contribution in [3.63, 3.8) is 0 Å². The van der Waals surface area contributed by atoms with Gasteiger partial charge in [0.1, 0.15) is 5.52 Å². The number of fused-ring (bicyclic) bond motifs is 1. The molecule has 4 rings (SSSR count). The third-order valence-electron chi connectivity index (χ3n) is 4.26. The van der Waals surface area contributed by atoms with Crippen LogP contribution in [0.5, 0.6) is 0 Å². The molecule has 1 unspecified atom stereocenters. The van der Waals surface area contributed by atoms with Gasteiger partial charge in [-0.3, -0.25) is 0 Å². The summed E-state index contributed by atoms with van der Waals surface area (Å²) in [5.41, 5.74) is 1.89. The van der Waals surface area contributed by atoms with Gasteiger partial charge in [-0.25, -0.2) is 15.0 Å². The molecule has 134 valence electrons. The zero-order valence-corrected chi connectivity index (χ0v) is 14.9. The molecule has 3 aromatic rings. The normalized spacial score (nSPS) is 19.9. The Labute approximate surface area is 153 Å². The molecule has 3 heterocycles. The second kappa shape index (κ2) is 6.93. The number of hydrogen-bond donors (Lipinski definition) is 1. The summed E-state index contributed by atoms with van der Waals surface area (Å²) in [6.45, 7) is 6.21. The number of benzene rings is 1. The van der Waals surface area contributed by atoms with Crippen molar-refractivity contribution in [3.05, 3.63) is 48.9 Å². The summed E-state index contributed by atoms with van der Waals surface area (Å²) in [4.78, 5) is 19.4. The number of ether oxygens (including phenoxy) is 1. The number of para-hydroxylation sites is 1. The zero-order chi connectivity index (χ0) is 18.9. The Bertz CT molecular complexity index is 936. The first-order valence-electron chi connectivity index (χ1n) is 9.15. The molecule has 0 aliphatic carbocycles. The van der Waals surface area contributed by atoms with Crippen LogP contribution in [0.3, 0.4) is 0 Å². The largest absolute Gasteiger partial charge is 0.378 e. The van der Waals surface area contributed by atoms with Crippen molar-refractivity contribution in [2.45, 2.75) is 25.4 Å². The molecule has 1 aliphatic rings. The fourth-order valence-corrected chi connectivity index (χ4v) is 3.17. The molecule has 1 N–H and O–H groups in total. The highest BCUT2D eigenvalue weighted by Gasteiger charge is 2.30. The van der Waals surface area contributed by atoms with Crippen LogP contribution in [-0.2, 0) is 4.74 Å². The van der Waals surface area contributed by atoms with Crippen molar-refractivity contribution in [2.75, 3.05) is 24.7 Å². The molecule has 0 radical (unpaired) electrons. The van der Waals surface area contributed by atoms with E-state index in [1.165, 1.54) is 6.20 Å². The summed E-state index contributed by atoms with van der Waals surface area (Å²) in [5, 5.41) is 3.63. The van der Waals surface area contributed by atoms with Crippen LogP contribution in [0.15, 0.2) is 48.9 Å². The lowest BCUT2D eigenvalue weighted by molar-refractivity contribution is 0.0157. The molecule has 0 bridgehead atoms. The number of rotatable bonds is 4. The van der Waals surface area contributed by atoms with Gasteiger partial charge in [-0.15, -0.1) is 0 Å². The predicted octanol–water partition coefficient (Wildman–Crippen LogP) is 2.32. The lowest BCUT2D eigenvalue weighted by Crippen LogP contribution is -2.58. The topological polar surface area (TPSA) is 76.1 Å². The first-order valence-corrected chi connectivity index (χ1v) is 8.65. The van der Waals surface area contributed by atoms with Gasteiger partial charge in [-0.1, -0.05) is 18.2 Å². The Morgan fingerprint density at radius 2 is 2.12 bits per heavy atom. The summed E-state index contributed by atoms with van der Waals surface area (Å²) in [6, 6.07) is 10.1. The SMILES string of the molecule is [2H]c1cnc2cnc(N(CC3COCC(C)(C)N3)c3ccccc3)nc2n1. The lowest BCUT2D eigenvalue weighted by atomic mass is 10.0. The van der Waals surface area contributed by atoms with Crippen LogP contribution in [-0.4, -0.2) is 51.3 Å². The van der Waals surface area contributed by atoms with Crippen LogP contribution in [0.2, 0.25) is 0 Å². The Morgan fingerprint density at radius 1 is 1.27 bits per heavy atom. The molecule has 1 atom stereocenters. The summed E-state index contributed by atoms with van der Waals surface area (Å²) < 4.78 is 13.5. The molecule has 0 spiro atoms. The first kappa shape index (κ1) is 15.6. The predicted molar refractivity (Wildman–Crippen MR) is 100 cm³/mol.